The summed E-state index contributed by atoms with van der Waals surface area (Å²) in [4.78, 5) is 33.0. The molecule has 0 amide bonds. The summed E-state index contributed by atoms with van der Waals surface area (Å²) < 4.78 is 6.19. The van der Waals surface area contributed by atoms with Gasteiger partial charge in [-0.1, -0.05) is 66.7 Å². The summed E-state index contributed by atoms with van der Waals surface area (Å²) in [5, 5.41) is 5.05. The van der Waals surface area contributed by atoms with Gasteiger partial charge in [0.2, 0.25) is 0 Å². The van der Waals surface area contributed by atoms with Crippen molar-refractivity contribution in [3.8, 4) is 0 Å². The van der Waals surface area contributed by atoms with Gasteiger partial charge in [-0.15, -0.1) is 0 Å². The molecule has 6 aromatic rings. The first-order valence-corrected chi connectivity index (χ1v) is 12.5. The zero-order valence-electron chi connectivity index (χ0n) is 20.6. The number of rotatable bonds is 7. The van der Waals surface area contributed by atoms with Gasteiger partial charge in [0.1, 0.15) is 0 Å². The number of anilines is 1. The van der Waals surface area contributed by atoms with Crippen molar-refractivity contribution in [1.82, 2.24) is 9.88 Å². The third-order valence-electron chi connectivity index (χ3n) is 6.86. The Labute approximate surface area is 213 Å². The second-order valence-corrected chi connectivity index (χ2v) is 9.48. The highest BCUT2D eigenvalue weighted by molar-refractivity contribution is 6.14. The molecule has 1 aromatic heterocycles. The van der Waals surface area contributed by atoms with E-state index < -0.39 is 0 Å². The Morgan fingerprint density at radius 3 is 2.27 bits per heavy atom. The molecule has 6 heteroatoms. The van der Waals surface area contributed by atoms with Crippen LogP contribution in [0.5, 0.6) is 0 Å². The van der Waals surface area contributed by atoms with Crippen molar-refractivity contribution in [2.75, 3.05) is 25.5 Å². The van der Waals surface area contributed by atoms with Gasteiger partial charge in [0.25, 0.3) is 0 Å². The maximum Gasteiger partial charge on any atom is 0.196 e. The van der Waals surface area contributed by atoms with Crippen LogP contribution in [0.2, 0.25) is 0 Å². The number of aromatic amines is 1. The Morgan fingerprint density at radius 2 is 1.49 bits per heavy atom. The smallest absolute Gasteiger partial charge is 0.196 e. The minimum absolute atomic E-state index is 0.155. The molecule has 0 spiro atoms. The zero-order chi connectivity index (χ0) is 25.4. The molecule has 0 bridgehead atoms. The molecule has 0 aliphatic carbocycles. The summed E-state index contributed by atoms with van der Waals surface area (Å²) in [6, 6.07) is 26.8. The van der Waals surface area contributed by atoms with Gasteiger partial charge in [-0.2, -0.15) is 0 Å². The highest BCUT2D eigenvalue weighted by atomic mass is 16.3. The van der Waals surface area contributed by atoms with Gasteiger partial charge in [0, 0.05) is 35.6 Å². The topological polar surface area (TPSA) is 78.3 Å². The molecule has 0 saturated heterocycles. The molecule has 0 aliphatic rings. The Hall–Kier alpha value is -4.42. The molecular weight excluding hydrogens is 462 g/mol. The lowest BCUT2D eigenvalue weighted by atomic mass is 9.99. The van der Waals surface area contributed by atoms with E-state index in [0.29, 0.717) is 50.5 Å². The molecule has 1 heterocycles. The van der Waals surface area contributed by atoms with Crippen LogP contribution in [0.15, 0.2) is 98.9 Å². The van der Waals surface area contributed by atoms with Gasteiger partial charge >= 0.3 is 0 Å². The minimum atomic E-state index is -0.178. The fourth-order valence-corrected chi connectivity index (χ4v) is 5.07. The Balaban J connectivity index is 1.40. The van der Waals surface area contributed by atoms with Crippen LogP contribution in [0.3, 0.4) is 0 Å². The van der Waals surface area contributed by atoms with Crippen LogP contribution in [0.25, 0.3) is 43.7 Å². The first-order chi connectivity index (χ1) is 18.1. The van der Waals surface area contributed by atoms with Crippen LogP contribution in [0.1, 0.15) is 12.0 Å². The summed E-state index contributed by atoms with van der Waals surface area (Å²) >= 11 is 0. The van der Waals surface area contributed by atoms with Crippen LogP contribution in [0.4, 0.5) is 5.69 Å². The number of para-hydroxylation sites is 2. The summed E-state index contributed by atoms with van der Waals surface area (Å²) in [5.41, 5.74) is 4.07. The van der Waals surface area contributed by atoms with Crippen molar-refractivity contribution in [2.24, 2.45) is 0 Å². The zero-order valence-corrected chi connectivity index (χ0v) is 20.6. The van der Waals surface area contributed by atoms with Gasteiger partial charge in [0.05, 0.1) is 21.8 Å². The van der Waals surface area contributed by atoms with Gasteiger partial charge < -0.3 is 19.6 Å². The van der Waals surface area contributed by atoms with E-state index in [2.05, 4.69) is 46.5 Å². The normalized spacial score (nSPS) is 11.7. The Kier molecular flexibility index (Phi) is 5.94. The molecule has 184 valence electrons. The second kappa shape index (κ2) is 9.56. The summed E-state index contributed by atoms with van der Waals surface area (Å²) in [6.07, 6.45) is 0.871. The first kappa shape index (κ1) is 23.0. The van der Waals surface area contributed by atoms with Gasteiger partial charge in [-0.25, -0.2) is 0 Å². The van der Waals surface area contributed by atoms with Gasteiger partial charge in [0.15, 0.2) is 22.0 Å². The maximum atomic E-state index is 13.7. The molecule has 2 N–H and O–H groups in total. The van der Waals surface area contributed by atoms with E-state index in [4.69, 9.17) is 4.42 Å². The van der Waals surface area contributed by atoms with Gasteiger partial charge in [-0.05, 0) is 37.7 Å². The number of nitrogens with zero attached hydrogens (tertiary/aromatic N) is 1. The van der Waals surface area contributed by atoms with E-state index in [9.17, 15) is 9.59 Å². The molecule has 0 saturated carbocycles. The molecule has 0 atom stereocenters. The fourth-order valence-electron chi connectivity index (χ4n) is 5.07. The fraction of sp³-hybridized carbons (Fsp3) is 0.161. The number of hydrogen-bond donors (Lipinski definition) is 2. The quantitative estimate of drug-likeness (QED) is 0.166. The number of nitrogens with one attached hydrogen (secondary N) is 2. The molecule has 6 rings (SSSR count). The molecule has 5 aromatic carbocycles. The largest absolute Gasteiger partial charge is 0.453 e. The Morgan fingerprint density at radius 1 is 0.811 bits per heavy atom. The van der Waals surface area contributed by atoms with Crippen molar-refractivity contribution in [3.63, 3.8) is 0 Å². The molecule has 0 radical (unpaired) electrons. The average molecular weight is 490 g/mol. The van der Waals surface area contributed by atoms with Crippen LogP contribution in [-0.2, 0) is 6.54 Å². The number of aromatic nitrogens is 1. The second-order valence-electron chi connectivity index (χ2n) is 9.48. The number of fused-ring (bicyclic) bond motifs is 5. The standard InChI is InChI=1S/C31H27N3O3/c1-34(19-20-10-3-2-4-11-20)17-9-16-32-24-18-26-29(33-23-14-7-8-15-25(23)37-26)28-27(24)30(35)21-12-5-6-13-22(21)31(28)36/h2-8,10-15,18,32-33H,9,16-17,19H2,1H3. The monoisotopic (exact) mass is 489 g/mol. The van der Waals surface area contributed by atoms with Crippen LogP contribution in [0, 0.1) is 0 Å². The van der Waals surface area contributed by atoms with Crippen LogP contribution < -0.4 is 16.2 Å². The van der Waals surface area contributed by atoms with E-state index in [1.807, 2.05) is 36.4 Å². The minimum Gasteiger partial charge on any atom is -0.453 e. The predicted molar refractivity (Wildman–Crippen MR) is 152 cm³/mol. The maximum absolute atomic E-state index is 13.7. The van der Waals surface area contributed by atoms with Crippen molar-refractivity contribution in [1.29, 1.82) is 0 Å². The number of H-pyrrole nitrogens is 1. The summed E-state index contributed by atoms with van der Waals surface area (Å²) in [5.74, 6) is 0. The van der Waals surface area contributed by atoms with E-state index in [1.54, 1.807) is 24.3 Å². The SMILES string of the molecule is CN(CCCNc1cc2oc3ccccc3[nH]c2c2c(=O)c3ccccc3c(=O)c12)Cc1ccccc1. The third-order valence-corrected chi connectivity index (χ3v) is 6.86. The summed E-state index contributed by atoms with van der Waals surface area (Å²) in [7, 11) is 2.10. The van der Waals surface area contributed by atoms with E-state index >= 15 is 0 Å². The number of hydrogen-bond acceptors (Lipinski definition) is 5. The van der Waals surface area contributed by atoms with Gasteiger partial charge in [-0.3, -0.25) is 9.59 Å². The average Bonchev–Trinajstić information content (AvgIpc) is 2.93. The lowest BCUT2D eigenvalue weighted by molar-refractivity contribution is 0.325. The molecule has 0 unspecified atom stereocenters. The lowest BCUT2D eigenvalue weighted by Crippen LogP contribution is -2.21. The van der Waals surface area contributed by atoms with Crippen LogP contribution >= 0.6 is 0 Å². The van der Waals surface area contributed by atoms with Crippen molar-refractivity contribution in [2.45, 2.75) is 13.0 Å². The number of benzene rings is 5. The van der Waals surface area contributed by atoms with Crippen molar-refractivity contribution >= 4 is 49.4 Å². The molecule has 37 heavy (non-hydrogen) atoms. The van der Waals surface area contributed by atoms with E-state index in [1.165, 1.54) is 5.56 Å². The third kappa shape index (κ3) is 4.26. The first-order valence-electron chi connectivity index (χ1n) is 12.5. The highest BCUT2D eigenvalue weighted by Crippen LogP contribution is 2.31. The van der Waals surface area contributed by atoms with Crippen molar-refractivity contribution < 1.29 is 4.42 Å². The Bertz CT molecular complexity index is 1870. The van der Waals surface area contributed by atoms with Crippen LogP contribution in [-0.4, -0.2) is 30.0 Å². The van der Waals surface area contributed by atoms with E-state index in [0.717, 1.165) is 25.0 Å². The lowest BCUT2D eigenvalue weighted by Gasteiger charge is -2.17. The highest BCUT2D eigenvalue weighted by Gasteiger charge is 2.19. The molecule has 6 nitrogen and oxygen atoms in total. The molecule has 0 fully saturated rings. The van der Waals surface area contributed by atoms with E-state index in [-0.39, 0.29) is 10.9 Å². The van der Waals surface area contributed by atoms with Crippen molar-refractivity contribution in [3.05, 3.63) is 111 Å². The molecular formula is C31H27N3O3. The summed E-state index contributed by atoms with van der Waals surface area (Å²) in [6.45, 7) is 2.41. The molecule has 0 aliphatic heterocycles. The predicted octanol–water partition coefficient (Wildman–Crippen LogP) is 5.87.